The highest BCUT2D eigenvalue weighted by Crippen LogP contribution is 2.31. The molecule has 0 spiro atoms. The molecule has 2 rings (SSSR count). The average molecular weight is 264 g/mol. The van der Waals surface area contributed by atoms with Crippen molar-refractivity contribution in [1.29, 1.82) is 0 Å². The second-order valence-corrected chi connectivity index (χ2v) is 6.47. The van der Waals surface area contributed by atoms with Gasteiger partial charge in [-0.1, -0.05) is 20.8 Å². The zero-order valence-electron chi connectivity index (χ0n) is 12.9. The molecule has 3 nitrogen and oxygen atoms in total. The standard InChI is InChI=1S/C16H28N2O/c1-6-16(5)11-18(14(10-17-16)12(2)3)13(4)15-8-7-9-19-15/h7-9,12-14,17H,6,10-11H2,1-5H3. The number of rotatable bonds is 4. The maximum Gasteiger partial charge on any atom is 0.120 e. The van der Waals surface area contributed by atoms with Crippen molar-refractivity contribution in [1.82, 2.24) is 10.2 Å². The van der Waals surface area contributed by atoms with Crippen LogP contribution in [0.1, 0.15) is 52.8 Å². The highest BCUT2D eigenvalue weighted by atomic mass is 16.3. The fraction of sp³-hybridized carbons (Fsp3) is 0.750. The van der Waals surface area contributed by atoms with E-state index in [9.17, 15) is 0 Å². The second kappa shape index (κ2) is 5.68. The molecule has 1 aliphatic heterocycles. The van der Waals surface area contributed by atoms with Crippen LogP contribution in [0.4, 0.5) is 0 Å². The van der Waals surface area contributed by atoms with Gasteiger partial charge in [0.25, 0.3) is 0 Å². The predicted molar refractivity (Wildman–Crippen MR) is 79.2 cm³/mol. The van der Waals surface area contributed by atoms with E-state index in [1.54, 1.807) is 6.26 Å². The van der Waals surface area contributed by atoms with E-state index in [0.717, 1.165) is 25.3 Å². The molecule has 1 aromatic rings. The van der Waals surface area contributed by atoms with Gasteiger partial charge in [0.15, 0.2) is 0 Å². The van der Waals surface area contributed by atoms with Crippen LogP contribution in [0, 0.1) is 5.92 Å². The molecule has 3 heteroatoms. The lowest BCUT2D eigenvalue weighted by Gasteiger charge is -2.49. The molecule has 1 aliphatic rings. The first kappa shape index (κ1) is 14.6. The molecule has 0 saturated carbocycles. The Morgan fingerprint density at radius 3 is 2.74 bits per heavy atom. The van der Waals surface area contributed by atoms with Gasteiger partial charge in [0.05, 0.1) is 12.3 Å². The Balaban J connectivity index is 2.20. The van der Waals surface area contributed by atoms with Gasteiger partial charge in [-0.2, -0.15) is 0 Å². The molecule has 0 amide bonds. The van der Waals surface area contributed by atoms with Crippen LogP contribution in [-0.2, 0) is 0 Å². The summed E-state index contributed by atoms with van der Waals surface area (Å²) in [6.45, 7) is 13.6. The van der Waals surface area contributed by atoms with Gasteiger partial charge in [-0.3, -0.25) is 4.90 Å². The maximum atomic E-state index is 5.62. The summed E-state index contributed by atoms with van der Waals surface area (Å²) < 4.78 is 5.62. The molecule has 0 aliphatic carbocycles. The van der Waals surface area contributed by atoms with Gasteiger partial charge in [0.1, 0.15) is 5.76 Å². The molecule has 3 atom stereocenters. The van der Waals surface area contributed by atoms with Crippen LogP contribution in [0.15, 0.2) is 22.8 Å². The Morgan fingerprint density at radius 1 is 1.47 bits per heavy atom. The van der Waals surface area contributed by atoms with E-state index >= 15 is 0 Å². The minimum atomic E-state index is 0.215. The number of nitrogens with zero attached hydrogens (tertiary/aromatic N) is 1. The summed E-state index contributed by atoms with van der Waals surface area (Å²) in [6, 6.07) is 4.99. The van der Waals surface area contributed by atoms with Crippen LogP contribution in [0.2, 0.25) is 0 Å². The molecule has 1 aromatic heterocycles. The molecule has 2 heterocycles. The van der Waals surface area contributed by atoms with Crippen molar-refractivity contribution in [3.8, 4) is 0 Å². The minimum Gasteiger partial charge on any atom is -0.468 e. The molecule has 1 N–H and O–H groups in total. The zero-order chi connectivity index (χ0) is 14.0. The highest BCUT2D eigenvalue weighted by Gasteiger charge is 2.38. The number of hydrogen-bond donors (Lipinski definition) is 1. The second-order valence-electron chi connectivity index (χ2n) is 6.47. The first-order valence-electron chi connectivity index (χ1n) is 7.51. The van der Waals surface area contributed by atoms with Gasteiger partial charge in [0, 0.05) is 24.7 Å². The largest absolute Gasteiger partial charge is 0.468 e. The van der Waals surface area contributed by atoms with Crippen molar-refractivity contribution in [3.63, 3.8) is 0 Å². The minimum absolute atomic E-state index is 0.215. The van der Waals surface area contributed by atoms with Gasteiger partial charge in [-0.05, 0) is 38.3 Å². The van der Waals surface area contributed by atoms with E-state index in [4.69, 9.17) is 4.42 Å². The number of piperazine rings is 1. The quantitative estimate of drug-likeness (QED) is 0.903. The van der Waals surface area contributed by atoms with E-state index in [2.05, 4.69) is 50.9 Å². The van der Waals surface area contributed by atoms with E-state index in [0.29, 0.717) is 18.0 Å². The van der Waals surface area contributed by atoms with Crippen molar-refractivity contribution in [2.24, 2.45) is 5.92 Å². The van der Waals surface area contributed by atoms with Gasteiger partial charge in [-0.25, -0.2) is 0 Å². The van der Waals surface area contributed by atoms with Crippen molar-refractivity contribution in [2.75, 3.05) is 13.1 Å². The first-order valence-corrected chi connectivity index (χ1v) is 7.51. The summed E-state index contributed by atoms with van der Waals surface area (Å²) in [7, 11) is 0. The number of furan rings is 1. The van der Waals surface area contributed by atoms with Gasteiger partial charge >= 0.3 is 0 Å². The van der Waals surface area contributed by atoms with Crippen LogP contribution < -0.4 is 5.32 Å². The van der Waals surface area contributed by atoms with Crippen molar-refractivity contribution >= 4 is 0 Å². The van der Waals surface area contributed by atoms with Crippen LogP contribution in [0.25, 0.3) is 0 Å². The third-order valence-electron chi connectivity index (χ3n) is 4.70. The monoisotopic (exact) mass is 264 g/mol. The molecule has 19 heavy (non-hydrogen) atoms. The normalized spacial score (nSPS) is 30.7. The molecule has 0 radical (unpaired) electrons. The molecule has 1 fully saturated rings. The predicted octanol–water partition coefficient (Wildman–Crippen LogP) is 3.44. The number of hydrogen-bond acceptors (Lipinski definition) is 3. The lowest BCUT2D eigenvalue weighted by atomic mass is 9.88. The van der Waals surface area contributed by atoms with Crippen molar-refractivity contribution in [3.05, 3.63) is 24.2 Å². The smallest absolute Gasteiger partial charge is 0.120 e. The zero-order valence-corrected chi connectivity index (χ0v) is 12.9. The molecule has 0 aromatic carbocycles. The SMILES string of the molecule is CCC1(C)CN(C(C)c2ccco2)C(C(C)C)CN1. The Kier molecular flexibility index (Phi) is 4.36. The first-order chi connectivity index (χ1) is 8.97. The van der Waals surface area contributed by atoms with Crippen LogP contribution in [0.3, 0.4) is 0 Å². The fourth-order valence-corrected chi connectivity index (χ4v) is 3.02. The third-order valence-corrected chi connectivity index (χ3v) is 4.70. The van der Waals surface area contributed by atoms with Crippen LogP contribution in [0.5, 0.6) is 0 Å². The van der Waals surface area contributed by atoms with Crippen LogP contribution in [-0.4, -0.2) is 29.6 Å². The Hall–Kier alpha value is -0.800. The molecular formula is C16H28N2O. The third kappa shape index (κ3) is 3.03. The van der Waals surface area contributed by atoms with E-state index in [1.165, 1.54) is 0 Å². The van der Waals surface area contributed by atoms with E-state index < -0.39 is 0 Å². The van der Waals surface area contributed by atoms with E-state index in [1.807, 2.05) is 6.07 Å². The van der Waals surface area contributed by atoms with E-state index in [-0.39, 0.29) is 5.54 Å². The molecule has 0 bridgehead atoms. The Bertz CT molecular complexity index is 387. The number of nitrogens with one attached hydrogen (secondary N) is 1. The van der Waals surface area contributed by atoms with Crippen LogP contribution >= 0.6 is 0 Å². The topological polar surface area (TPSA) is 28.4 Å². The van der Waals surface area contributed by atoms with Crippen molar-refractivity contribution < 1.29 is 4.42 Å². The molecule has 3 unspecified atom stereocenters. The van der Waals surface area contributed by atoms with Gasteiger partial charge < -0.3 is 9.73 Å². The Morgan fingerprint density at radius 2 is 2.21 bits per heavy atom. The molecular weight excluding hydrogens is 236 g/mol. The molecule has 1 saturated heterocycles. The summed E-state index contributed by atoms with van der Waals surface area (Å²) >= 11 is 0. The average Bonchev–Trinajstić information content (AvgIpc) is 2.91. The molecule has 108 valence electrons. The summed E-state index contributed by atoms with van der Waals surface area (Å²) in [6.07, 6.45) is 2.93. The Labute approximate surface area is 117 Å². The van der Waals surface area contributed by atoms with Gasteiger partial charge in [0.2, 0.25) is 0 Å². The lowest BCUT2D eigenvalue weighted by molar-refractivity contribution is 0.0228. The fourth-order valence-electron chi connectivity index (χ4n) is 3.02. The maximum absolute atomic E-state index is 5.62. The van der Waals surface area contributed by atoms with Gasteiger partial charge in [-0.15, -0.1) is 0 Å². The summed E-state index contributed by atoms with van der Waals surface area (Å²) in [5.74, 6) is 1.72. The highest BCUT2D eigenvalue weighted by molar-refractivity contribution is 5.07. The summed E-state index contributed by atoms with van der Waals surface area (Å²) in [4.78, 5) is 2.61. The lowest BCUT2D eigenvalue weighted by Crippen LogP contribution is -2.64. The summed E-state index contributed by atoms with van der Waals surface area (Å²) in [5.41, 5.74) is 0.215. The van der Waals surface area contributed by atoms with Crippen molar-refractivity contribution in [2.45, 2.75) is 58.7 Å². The summed E-state index contributed by atoms with van der Waals surface area (Å²) in [5, 5.41) is 3.73.